The molecule has 2 aliphatic heterocycles. The Hall–Kier alpha value is -1.31. The van der Waals surface area contributed by atoms with Gasteiger partial charge in [0.1, 0.15) is 11.6 Å². The molecule has 158 valence electrons. The number of hydrogen-bond acceptors (Lipinski definition) is 6. The van der Waals surface area contributed by atoms with Gasteiger partial charge in [0.15, 0.2) is 0 Å². The molecule has 2 aliphatic rings. The molecule has 3 N–H and O–H groups in total. The van der Waals surface area contributed by atoms with E-state index in [9.17, 15) is 14.8 Å². The first-order chi connectivity index (χ1) is 11.8. The van der Waals surface area contributed by atoms with Crippen molar-refractivity contribution < 1.29 is 24.7 Å². The molecule has 0 aromatic heterocycles. The van der Waals surface area contributed by atoms with E-state index in [1.807, 2.05) is 27.7 Å². The van der Waals surface area contributed by atoms with E-state index >= 15 is 0 Å². The fraction of sp³-hybridized carbons (Fsp3) is 0.850. The highest BCUT2D eigenvalue weighted by atomic mass is 16.5. The van der Waals surface area contributed by atoms with Gasteiger partial charge in [0.25, 0.3) is 5.97 Å². The number of ketones is 2. The van der Waals surface area contributed by atoms with Gasteiger partial charge in [-0.1, -0.05) is 0 Å². The summed E-state index contributed by atoms with van der Waals surface area (Å²) >= 11 is 0. The Morgan fingerprint density at radius 2 is 1.07 bits per heavy atom. The fourth-order valence-electron chi connectivity index (χ4n) is 4.05. The van der Waals surface area contributed by atoms with Crippen LogP contribution < -0.4 is 5.32 Å². The molecular weight excluding hydrogens is 348 g/mol. The van der Waals surface area contributed by atoms with Gasteiger partial charge >= 0.3 is 0 Å². The Kier molecular flexibility index (Phi) is 8.37. The summed E-state index contributed by atoms with van der Waals surface area (Å²) in [6.07, 6.45) is 2.20. The van der Waals surface area contributed by atoms with Gasteiger partial charge in [-0.15, -0.1) is 0 Å². The second-order valence-electron chi connectivity index (χ2n) is 10.1. The number of piperidine rings is 2. The van der Waals surface area contributed by atoms with Crippen LogP contribution in [-0.4, -0.2) is 55.1 Å². The van der Waals surface area contributed by atoms with Gasteiger partial charge in [-0.05, 0) is 55.4 Å². The minimum atomic E-state index is -0.833. The molecule has 7 heteroatoms. The van der Waals surface area contributed by atoms with Crippen LogP contribution >= 0.6 is 0 Å². The highest BCUT2D eigenvalue weighted by molar-refractivity contribution is 5.82. The Morgan fingerprint density at radius 3 is 1.33 bits per heavy atom. The Bertz CT molecular complexity index is 523. The minimum Gasteiger partial charge on any atom is -0.481 e. The van der Waals surface area contributed by atoms with Gasteiger partial charge in [0, 0.05) is 54.8 Å². The number of carboxylic acids is 1. The van der Waals surface area contributed by atoms with Crippen molar-refractivity contribution in [2.24, 2.45) is 0 Å². The van der Waals surface area contributed by atoms with Crippen LogP contribution in [0.3, 0.4) is 0 Å². The van der Waals surface area contributed by atoms with E-state index < -0.39 is 17.0 Å². The monoisotopic (exact) mass is 386 g/mol. The van der Waals surface area contributed by atoms with Crippen molar-refractivity contribution in [3.63, 3.8) is 0 Å². The van der Waals surface area contributed by atoms with Crippen molar-refractivity contribution in [2.45, 2.75) is 110 Å². The van der Waals surface area contributed by atoms with Crippen molar-refractivity contribution in [3.05, 3.63) is 0 Å². The molecule has 0 radical (unpaired) electrons. The van der Waals surface area contributed by atoms with E-state index in [0.717, 1.165) is 6.92 Å². The van der Waals surface area contributed by atoms with Crippen molar-refractivity contribution in [1.29, 1.82) is 0 Å². The summed E-state index contributed by atoms with van der Waals surface area (Å²) in [4.78, 5) is 31.6. The first-order valence-electron chi connectivity index (χ1n) is 9.31. The Balaban J connectivity index is 0.000000421. The zero-order valence-electron chi connectivity index (χ0n) is 18.4. The predicted octanol–water partition coefficient (Wildman–Crippen LogP) is 3.18. The third-order valence-corrected chi connectivity index (χ3v) is 4.36. The zero-order chi connectivity index (χ0) is 21.8. The number of carboxylic acid groups (broad SMARTS) is 1. The molecule has 7 nitrogen and oxygen atoms in total. The number of carbonyl (C=O) groups excluding carboxylic acids is 2. The molecule has 0 saturated carbocycles. The molecule has 0 bridgehead atoms. The molecule has 0 spiro atoms. The molecule has 2 saturated heterocycles. The largest absolute Gasteiger partial charge is 0.481 e. The van der Waals surface area contributed by atoms with E-state index in [1.54, 1.807) is 0 Å². The second kappa shape index (κ2) is 8.80. The third kappa shape index (κ3) is 9.44. The normalized spacial score (nSPS) is 25.4. The average Bonchev–Trinajstić information content (AvgIpc) is 2.29. The molecule has 27 heavy (non-hydrogen) atoms. The molecular formula is C20H38N2O5. The number of aliphatic carboxylic acids is 1. The Morgan fingerprint density at radius 1 is 0.815 bits per heavy atom. The lowest BCUT2D eigenvalue weighted by atomic mass is 9.81. The van der Waals surface area contributed by atoms with Gasteiger partial charge in [-0.2, -0.15) is 5.06 Å². The summed E-state index contributed by atoms with van der Waals surface area (Å²) in [6.45, 7) is 16.9. The molecule has 2 rings (SSSR count). The zero-order valence-corrected chi connectivity index (χ0v) is 18.4. The third-order valence-electron chi connectivity index (χ3n) is 4.36. The lowest BCUT2D eigenvalue weighted by molar-refractivity contribution is -0.236. The first-order valence-corrected chi connectivity index (χ1v) is 9.31. The smallest absolute Gasteiger partial charge is 0.300 e. The molecule has 0 amide bonds. The fourth-order valence-corrected chi connectivity index (χ4v) is 4.05. The molecule has 0 unspecified atom stereocenters. The minimum absolute atomic E-state index is 0.0150. The first kappa shape index (κ1) is 25.7. The van der Waals surface area contributed by atoms with E-state index in [0.29, 0.717) is 31.5 Å². The van der Waals surface area contributed by atoms with Gasteiger partial charge in [-0.3, -0.25) is 14.4 Å². The van der Waals surface area contributed by atoms with E-state index in [-0.39, 0.29) is 16.9 Å². The van der Waals surface area contributed by atoms with Crippen molar-refractivity contribution in [1.82, 2.24) is 10.4 Å². The quantitative estimate of drug-likeness (QED) is 0.587. The van der Waals surface area contributed by atoms with Crippen LogP contribution in [0.1, 0.15) is 88.0 Å². The van der Waals surface area contributed by atoms with Crippen LogP contribution in [-0.2, 0) is 14.4 Å². The maximum absolute atomic E-state index is 11.3. The molecule has 2 fully saturated rings. The van der Waals surface area contributed by atoms with Gasteiger partial charge < -0.3 is 15.6 Å². The highest BCUT2D eigenvalue weighted by Crippen LogP contribution is 2.34. The van der Waals surface area contributed by atoms with Crippen LogP contribution in [0.2, 0.25) is 0 Å². The SMILES string of the molecule is CC(=O)O.CC1(C)CC(=O)CC(C)(C)N1.CC1(C)CC(=O)CC(C)(C)N1O. The molecule has 0 atom stereocenters. The second-order valence-corrected chi connectivity index (χ2v) is 10.1. The number of nitrogens with one attached hydrogen (secondary N) is 1. The lowest BCUT2D eigenvalue weighted by Crippen LogP contribution is -2.59. The summed E-state index contributed by atoms with van der Waals surface area (Å²) in [5, 5.41) is 21.9. The summed E-state index contributed by atoms with van der Waals surface area (Å²) in [6, 6.07) is 0. The van der Waals surface area contributed by atoms with E-state index in [4.69, 9.17) is 9.90 Å². The number of hydrogen-bond donors (Lipinski definition) is 3. The van der Waals surface area contributed by atoms with Crippen molar-refractivity contribution in [3.8, 4) is 0 Å². The van der Waals surface area contributed by atoms with Crippen LogP contribution in [0.15, 0.2) is 0 Å². The molecule has 0 aliphatic carbocycles. The van der Waals surface area contributed by atoms with Crippen LogP contribution in [0, 0.1) is 0 Å². The van der Waals surface area contributed by atoms with Crippen molar-refractivity contribution in [2.75, 3.05) is 0 Å². The summed E-state index contributed by atoms with van der Waals surface area (Å²) in [5.74, 6) is -0.228. The predicted molar refractivity (Wildman–Crippen MR) is 105 cm³/mol. The van der Waals surface area contributed by atoms with Gasteiger partial charge in [0.05, 0.1) is 0 Å². The number of rotatable bonds is 0. The maximum Gasteiger partial charge on any atom is 0.300 e. The summed E-state index contributed by atoms with van der Waals surface area (Å²) < 4.78 is 0. The number of hydroxylamine groups is 2. The number of carbonyl (C=O) groups is 3. The topological polar surface area (TPSA) is 107 Å². The molecule has 0 aromatic rings. The maximum atomic E-state index is 11.3. The van der Waals surface area contributed by atoms with Crippen LogP contribution in [0.5, 0.6) is 0 Å². The average molecular weight is 387 g/mol. The Labute approximate surface area is 163 Å². The van der Waals surface area contributed by atoms with Crippen LogP contribution in [0.25, 0.3) is 0 Å². The van der Waals surface area contributed by atoms with Crippen LogP contribution in [0.4, 0.5) is 0 Å². The standard InChI is InChI=1S/C9H17NO2.C9H17NO.C2H4O2/c1-8(2)5-7(11)6-9(3,4)10(8)12;1-8(2)5-7(11)6-9(3,4)10-8;1-2(3)4/h12H,5-6H2,1-4H3;10H,5-6H2,1-4H3;1H3,(H,3,4). The molecule has 2 heterocycles. The van der Waals surface area contributed by atoms with Crippen molar-refractivity contribution >= 4 is 17.5 Å². The highest BCUT2D eigenvalue weighted by Gasteiger charge is 2.44. The summed E-state index contributed by atoms with van der Waals surface area (Å²) in [7, 11) is 0. The van der Waals surface area contributed by atoms with E-state index in [1.165, 1.54) is 5.06 Å². The summed E-state index contributed by atoms with van der Waals surface area (Å²) in [5.41, 5.74) is -0.866. The number of nitrogens with zero attached hydrogens (tertiary/aromatic N) is 1. The van der Waals surface area contributed by atoms with Gasteiger partial charge in [0.2, 0.25) is 0 Å². The molecule has 0 aromatic carbocycles. The lowest BCUT2D eigenvalue weighted by Gasteiger charge is -2.47. The number of Topliss-reactive ketones (excluding diaryl/α,β-unsaturated/α-hetero) is 2. The van der Waals surface area contributed by atoms with Gasteiger partial charge in [-0.25, -0.2) is 0 Å². The van der Waals surface area contributed by atoms with E-state index in [2.05, 4.69) is 33.0 Å².